The molecule has 0 saturated heterocycles. The van der Waals surface area contributed by atoms with Crippen molar-refractivity contribution in [3.63, 3.8) is 0 Å². The predicted octanol–water partition coefficient (Wildman–Crippen LogP) is 0.0497. The minimum atomic E-state index is -0.0713. The van der Waals surface area contributed by atoms with E-state index in [4.69, 9.17) is 11.0 Å². The molecule has 0 radical (unpaired) electrons. The van der Waals surface area contributed by atoms with Crippen LogP contribution in [0.3, 0.4) is 0 Å². The second-order valence-electron chi connectivity index (χ2n) is 3.05. The third kappa shape index (κ3) is 2.55. The fourth-order valence-electron chi connectivity index (χ4n) is 1.02. The largest absolute Gasteiger partial charge is 0.368 e. The molecule has 1 aromatic heterocycles. The molecule has 1 heterocycles. The van der Waals surface area contributed by atoms with Gasteiger partial charge in [0.2, 0.25) is 11.9 Å². The molecule has 14 heavy (non-hydrogen) atoms. The van der Waals surface area contributed by atoms with Gasteiger partial charge in [-0.25, -0.2) is 9.97 Å². The fraction of sp³-hybridized carbons (Fsp3) is 0.500. The highest BCUT2D eigenvalue weighted by atomic mass is 15.3. The summed E-state index contributed by atoms with van der Waals surface area (Å²) >= 11 is 0. The van der Waals surface area contributed by atoms with Gasteiger partial charge in [-0.1, -0.05) is 0 Å². The molecular weight excluding hydrogens is 180 g/mol. The number of nitrogen functional groups attached to an aromatic ring is 1. The Morgan fingerprint density at radius 2 is 2.36 bits per heavy atom. The van der Waals surface area contributed by atoms with Crippen molar-refractivity contribution in [2.45, 2.75) is 6.92 Å². The molecule has 0 aliphatic carbocycles. The molecule has 0 amide bonds. The Kier molecular flexibility index (Phi) is 3.18. The maximum Gasteiger partial charge on any atom is 0.229 e. The van der Waals surface area contributed by atoms with Gasteiger partial charge in [0.15, 0.2) is 0 Å². The van der Waals surface area contributed by atoms with Gasteiger partial charge in [-0.05, 0) is 6.92 Å². The van der Waals surface area contributed by atoms with Crippen LogP contribution in [-0.4, -0.2) is 28.5 Å². The quantitative estimate of drug-likeness (QED) is 0.727. The van der Waals surface area contributed by atoms with Crippen molar-refractivity contribution in [3.8, 4) is 6.07 Å². The molecule has 6 nitrogen and oxygen atoms in total. The highest BCUT2D eigenvalue weighted by Gasteiger charge is 2.08. The van der Waals surface area contributed by atoms with Crippen molar-refractivity contribution < 1.29 is 0 Å². The fourth-order valence-corrected chi connectivity index (χ4v) is 1.02. The zero-order valence-corrected chi connectivity index (χ0v) is 8.18. The molecular formula is C8H12N6. The number of rotatable bonds is 3. The first-order valence-electron chi connectivity index (χ1n) is 4.18. The van der Waals surface area contributed by atoms with E-state index in [-0.39, 0.29) is 11.9 Å². The smallest absolute Gasteiger partial charge is 0.229 e. The van der Waals surface area contributed by atoms with Crippen LogP contribution in [0.15, 0.2) is 6.33 Å². The van der Waals surface area contributed by atoms with Crippen molar-refractivity contribution in [2.75, 3.05) is 24.2 Å². The zero-order valence-electron chi connectivity index (χ0n) is 8.18. The third-order valence-corrected chi connectivity index (χ3v) is 1.69. The van der Waals surface area contributed by atoms with E-state index < -0.39 is 0 Å². The summed E-state index contributed by atoms with van der Waals surface area (Å²) in [5.41, 5.74) is 5.41. The first-order chi connectivity index (χ1) is 6.63. The van der Waals surface area contributed by atoms with Crippen molar-refractivity contribution >= 4 is 11.9 Å². The highest BCUT2D eigenvalue weighted by molar-refractivity contribution is 5.32. The Morgan fingerprint density at radius 3 is 2.93 bits per heavy atom. The number of nitrogens with two attached hydrogens (primary N) is 1. The van der Waals surface area contributed by atoms with E-state index in [0.717, 1.165) is 0 Å². The van der Waals surface area contributed by atoms with Gasteiger partial charge in [-0.3, -0.25) is 0 Å². The molecule has 0 aliphatic heterocycles. The van der Waals surface area contributed by atoms with Crippen LogP contribution >= 0.6 is 0 Å². The lowest BCUT2D eigenvalue weighted by molar-refractivity contribution is 0.701. The Balaban J connectivity index is 2.70. The van der Waals surface area contributed by atoms with E-state index in [2.05, 4.69) is 21.0 Å². The van der Waals surface area contributed by atoms with Gasteiger partial charge in [0.05, 0.1) is 12.0 Å². The average molecular weight is 192 g/mol. The number of hydrogen-bond donors (Lipinski definition) is 1. The average Bonchev–Trinajstić information content (AvgIpc) is 2.17. The lowest BCUT2D eigenvalue weighted by Crippen LogP contribution is -2.25. The van der Waals surface area contributed by atoms with E-state index in [9.17, 15) is 0 Å². The molecule has 0 spiro atoms. The number of nitrogens with zero attached hydrogens (tertiary/aromatic N) is 5. The molecule has 0 aliphatic rings. The summed E-state index contributed by atoms with van der Waals surface area (Å²) in [6, 6.07) is 2.14. The van der Waals surface area contributed by atoms with Crippen LogP contribution in [0.1, 0.15) is 6.92 Å². The van der Waals surface area contributed by atoms with Gasteiger partial charge in [0, 0.05) is 13.6 Å². The van der Waals surface area contributed by atoms with Gasteiger partial charge >= 0.3 is 0 Å². The third-order valence-electron chi connectivity index (χ3n) is 1.69. The minimum absolute atomic E-state index is 0.0713. The van der Waals surface area contributed by atoms with Crippen molar-refractivity contribution in [3.05, 3.63) is 6.33 Å². The molecule has 1 unspecified atom stereocenters. The van der Waals surface area contributed by atoms with Gasteiger partial charge < -0.3 is 10.6 Å². The lowest BCUT2D eigenvalue weighted by atomic mass is 10.2. The van der Waals surface area contributed by atoms with Crippen LogP contribution in [0, 0.1) is 17.2 Å². The van der Waals surface area contributed by atoms with Crippen LogP contribution < -0.4 is 10.6 Å². The number of aromatic nitrogens is 3. The summed E-state index contributed by atoms with van der Waals surface area (Å²) in [5, 5.41) is 8.63. The van der Waals surface area contributed by atoms with Crippen LogP contribution in [0.5, 0.6) is 0 Å². The summed E-state index contributed by atoms with van der Waals surface area (Å²) in [6.07, 6.45) is 1.35. The summed E-state index contributed by atoms with van der Waals surface area (Å²) in [5.74, 6) is 0.601. The van der Waals surface area contributed by atoms with Gasteiger partial charge in [0.1, 0.15) is 6.33 Å². The highest BCUT2D eigenvalue weighted by Crippen LogP contribution is 2.06. The normalized spacial score (nSPS) is 11.8. The van der Waals surface area contributed by atoms with Gasteiger partial charge in [-0.2, -0.15) is 10.2 Å². The number of anilines is 2. The van der Waals surface area contributed by atoms with Gasteiger partial charge in [-0.15, -0.1) is 0 Å². The Hall–Kier alpha value is -1.90. The molecule has 1 aromatic rings. The number of hydrogen-bond acceptors (Lipinski definition) is 6. The molecule has 0 bridgehead atoms. The lowest BCUT2D eigenvalue weighted by Gasteiger charge is -2.17. The molecule has 74 valence electrons. The summed E-state index contributed by atoms with van der Waals surface area (Å²) in [6.45, 7) is 2.40. The topological polar surface area (TPSA) is 91.7 Å². The Morgan fingerprint density at radius 1 is 1.64 bits per heavy atom. The number of nitriles is 1. The van der Waals surface area contributed by atoms with Gasteiger partial charge in [0.25, 0.3) is 0 Å². The molecule has 0 aromatic carbocycles. The SMILES string of the molecule is CC(C#N)CN(C)c1ncnc(N)n1. The molecule has 6 heteroatoms. The standard InChI is InChI=1S/C8H12N6/c1-6(3-9)4-14(2)8-12-5-11-7(10)13-8/h5-6H,4H2,1-2H3,(H2,10,11,12,13). The summed E-state index contributed by atoms with van der Waals surface area (Å²) < 4.78 is 0. The van der Waals surface area contributed by atoms with E-state index >= 15 is 0 Å². The molecule has 2 N–H and O–H groups in total. The van der Waals surface area contributed by atoms with Crippen LogP contribution in [0.25, 0.3) is 0 Å². The first-order valence-corrected chi connectivity index (χ1v) is 4.18. The molecule has 0 fully saturated rings. The van der Waals surface area contributed by atoms with Crippen molar-refractivity contribution in [2.24, 2.45) is 5.92 Å². The predicted molar refractivity (Wildman–Crippen MR) is 52.3 cm³/mol. The van der Waals surface area contributed by atoms with E-state index in [1.165, 1.54) is 6.33 Å². The van der Waals surface area contributed by atoms with E-state index in [0.29, 0.717) is 12.5 Å². The molecule has 1 atom stereocenters. The maximum absolute atomic E-state index is 8.63. The van der Waals surface area contributed by atoms with Crippen LogP contribution in [-0.2, 0) is 0 Å². The first kappa shape index (κ1) is 10.2. The van der Waals surface area contributed by atoms with Crippen LogP contribution in [0.4, 0.5) is 11.9 Å². The van der Waals surface area contributed by atoms with Crippen LogP contribution in [0.2, 0.25) is 0 Å². The Labute approximate surface area is 82.4 Å². The molecule has 0 saturated carbocycles. The minimum Gasteiger partial charge on any atom is -0.368 e. The van der Waals surface area contributed by atoms with E-state index in [1.54, 1.807) is 4.90 Å². The summed E-state index contributed by atoms with van der Waals surface area (Å²) in [4.78, 5) is 13.3. The zero-order chi connectivity index (χ0) is 10.6. The second kappa shape index (κ2) is 4.37. The monoisotopic (exact) mass is 192 g/mol. The van der Waals surface area contributed by atoms with E-state index in [1.807, 2.05) is 14.0 Å². The summed E-state index contributed by atoms with van der Waals surface area (Å²) in [7, 11) is 1.81. The van der Waals surface area contributed by atoms with Crippen molar-refractivity contribution in [1.82, 2.24) is 15.0 Å². The maximum atomic E-state index is 8.63. The van der Waals surface area contributed by atoms with Crippen molar-refractivity contribution in [1.29, 1.82) is 5.26 Å². The Bertz CT molecular complexity index is 344. The molecule has 1 rings (SSSR count). The second-order valence-corrected chi connectivity index (χ2v) is 3.05.